The van der Waals surface area contributed by atoms with Gasteiger partial charge >= 0.3 is 6.03 Å². The Bertz CT molecular complexity index is 206. The maximum Gasteiger partial charge on any atom is 0.318 e. The molecular formula is C9H19N3O2. The highest BCUT2D eigenvalue weighted by molar-refractivity contribution is 5.75. The number of rotatable bonds is 2. The van der Waals surface area contributed by atoms with Gasteiger partial charge in [-0.05, 0) is 13.8 Å². The lowest BCUT2D eigenvalue weighted by Crippen LogP contribution is -2.58. The Balaban J connectivity index is 2.51. The third-order valence-electron chi connectivity index (χ3n) is 2.31. The first-order valence-electron chi connectivity index (χ1n) is 4.91. The quantitative estimate of drug-likeness (QED) is 0.648. The van der Waals surface area contributed by atoms with Crippen LogP contribution in [0.1, 0.15) is 13.8 Å². The van der Waals surface area contributed by atoms with Gasteiger partial charge in [0.1, 0.15) is 0 Å². The maximum absolute atomic E-state index is 11.7. The second-order valence-electron chi connectivity index (χ2n) is 4.04. The molecule has 1 aliphatic heterocycles. The molecule has 0 aromatic carbocycles. The number of hydrogen-bond donors (Lipinski definition) is 2. The van der Waals surface area contributed by atoms with Gasteiger partial charge < -0.3 is 20.7 Å². The average Bonchev–Trinajstić information content (AvgIpc) is 2.13. The zero-order valence-corrected chi connectivity index (χ0v) is 8.88. The first kappa shape index (κ1) is 11.3. The van der Waals surface area contributed by atoms with E-state index in [2.05, 4.69) is 5.32 Å². The van der Waals surface area contributed by atoms with E-state index in [-0.39, 0.29) is 11.6 Å². The van der Waals surface area contributed by atoms with Crippen LogP contribution in [0.5, 0.6) is 0 Å². The molecule has 0 aliphatic carbocycles. The summed E-state index contributed by atoms with van der Waals surface area (Å²) in [6.45, 7) is 6.82. The van der Waals surface area contributed by atoms with Crippen molar-refractivity contribution >= 4 is 6.03 Å². The summed E-state index contributed by atoms with van der Waals surface area (Å²) in [4.78, 5) is 13.5. The third-order valence-corrected chi connectivity index (χ3v) is 2.31. The zero-order chi connectivity index (χ0) is 10.6. The summed E-state index contributed by atoms with van der Waals surface area (Å²) in [7, 11) is 0. The molecule has 0 aromatic heterocycles. The molecule has 1 rings (SSSR count). The lowest BCUT2D eigenvalue weighted by Gasteiger charge is -2.41. The van der Waals surface area contributed by atoms with Crippen molar-refractivity contribution in [3.63, 3.8) is 0 Å². The van der Waals surface area contributed by atoms with Crippen LogP contribution in [-0.2, 0) is 4.74 Å². The van der Waals surface area contributed by atoms with Crippen LogP contribution in [0.4, 0.5) is 4.79 Å². The van der Waals surface area contributed by atoms with E-state index in [1.54, 1.807) is 4.90 Å². The van der Waals surface area contributed by atoms with Crippen molar-refractivity contribution in [2.75, 3.05) is 32.8 Å². The molecule has 1 aliphatic rings. The van der Waals surface area contributed by atoms with Crippen LogP contribution in [0.25, 0.3) is 0 Å². The summed E-state index contributed by atoms with van der Waals surface area (Å²) < 4.78 is 5.32. The number of ether oxygens (including phenoxy) is 1. The molecule has 1 saturated heterocycles. The fourth-order valence-electron chi connectivity index (χ4n) is 1.51. The van der Waals surface area contributed by atoms with Gasteiger partial charge in [-0.3, -0.25) is 0 Å². The molecule has 1 heterocycles. The Labute approximate surface area is 84.6 Å². The molecule has 0 spiro atoms. The summed E-state index contributed by atoms with van der Waals surface area (Å²) in [6.07, 6.45) is 0. The van der Waals surface area contributed by atoms with E-state index in [4.69, 9.17) is 10.5 Å². The Morgan fingerprint density at radius 1 is 1.64 bits per heavy atom. The van der Waals surface area contributed by atoms with E-state index in [1.165, 1.54) is 0 Å². The summed E-state index contributed by atoms with van der Waals surface area (Å²) in [6, 6.07) is -0.0521. The summed E-state index contributed by atoms with van der Waals surface area (Å²) in [5.74, 6) is 0. The second-order valence-corrected chi connectivity index (χ2v) is 4.04. The van der Waals surface area contributed by atoms with Crippen molar-refractivity contribution in [1.29, 1.82) is 0 Å². The van der Waals surface area contributed by atoms with Crippen LogP contribution in [0.3, 0.4) is 0 Å². The molecule has 14 heavy (non-hydrogen) atoms. The number of nitrogens with two attached hydrogens (primary N) is 1. The zero-order valence-electron chi connectivity index (χ0n) is 8.88. The number of nitrogens with zero attached hydrogens (tertiary/aromatic N) is 1. The molecule has 82 valence electrons. The van der Waals surface area contributed by atoms with Crippen molar-refractivity contribution in [3.8, 4) is 0 Å². The standard InChI is InChI=1S/C9H19N3O2/c1-9(2)7-14-6-5-12(9)8(13)11-4-3-10/h3-7,10H2,1-2H3,(H,11,13). The van der Waals surface area contributed by atoms with Crippen molar-refractivity contribution in [1.82, 2.24) is 10.2 Å². The van der Waals surface area contributed by atoms with E-state index >= 15 is 0 Å². The third kappa shape index (κ3) is 2.59. The maximum atomic E-state index is 11.7. The molecule has 3 N–H and O–H groups in total. The largest absolute Gasteiger partial charge is 0.377 e. The number of nitrogens with one attached hydrogen (secondary N) is 1. The lowest BCUT2D eigenvalue weighted by atomic mass is 10.0. The minimum Gasteiger partial charge on any atom is -0.377 e. The molecule has 0 aromatic rings. The monoisotopic (exact) mass is 201 g/mol. The molecule has 5 heteroatoms. The fraction of sp³-hybridized carbons (Fsp3) is 0.889. The number of hydrogen-bond acceptors (Lipinski definition) is 3. The van der Waals surface area contributed by atoms with Crippen molar-refractivity contribution in [2.24, 2.45) is 5.73 Å². The Kier molecular flexibility index (Phi) is 3.71. The molecule has 0 saturated carbocycles. The minimum absolute atomic E-state index is 0.0521. The van der Waals surface area contributed by atoms with Gasteiger partial charge in [0.15, 0.2) is 0 Å². The van der Waals surface area contributed by atoms with Crippen LogP contribution in [0.15, 0.2) is 0 Å². The Morgan fingerprint density at radius 3 is 2.93 bits per heavy atom. The molecule has 1 fully saturated rings. The summed E-state index contributed by atoms with van der Waals surface area (Å²) >= 11 is 0. The van der Waals surface area contributed by atoms with Crippen LogP contribution in [-0.4, -0.2) is 49.3 Å². The molecule has 0 atom stereocenters. The van der Waals surface area contributed by atoms with Gasteiger partial charge in [0, 0.05) is 19.6 Å². The van der Waals surface area contributed by atoms with Gasteiger partial charge in [-0.15, -0.1) is 0 Å². The summed E-state index contributed by atoms with van der Waals surface area (Å²) in [5, 5.41) is 2.76. The van der Waals surface area contributed by atoms with Crippen molar-refractivity contribution in [2.45, 2.75) is 19.4 Å². The molecule has 0 unspecified atom stereocenters. The van der Waals surface area contributed by atoms with Gasteiger partial charge in [0.2, 0.25) is 0 Å². The van der Waals surface area contributed by atoms with Crippen molar-refractivity contribution < 1.29 is 9.53 Å². The first-order chi connectivity index (χ1) is 6.58. The lowest BCUT2D eigenvalue weighted by molar-refractivity contribution is -0.0277. The van der Waals surface area contributed by atoms with Gasteiger partial charge in [-0.1, -0.05) is 0 Å². The number of amides is 2. The molecular weight excluding hydrogens is 182 g/mol. The van der Waals surface area contributed by atoms with Gasteiger partial charge in [-0.2, -0.15) is 0 Å². The number of carbonyl (C=O) groups is 1. The first-order valence-corrected chi connectivity index (χ1v) is 4.91. The molecule has 0 radical (unpaired) electrons. The highest BCUT2D eigenvalue weighted by Crippen LogP contribution is 2.18. The van der Waals surface area contributed by atoms with Crippen LogP contribution in [0.2, 0.25) is 0 Å². The summed E-state index contributed by atoms with van der Waals surface area (Å²) in [5.41, 5.74) is 5.09. The van der Waals surface area contributed by atoms with Crippen molar-refractivity contribution in [3.05, 3.63) is 0 Å². The SMILES string of the molecule is CC1(C)COCCN1C(=O)NCCN. The van der Waals surface area contributed by atoms with E-state index in [9.17, 15) is 4.79 Å². The fourth-order valence-corrected chi connectivity index (χ4v) is 1.51. The molecule has 2 amide bonds. The average molecular weight is 201 g/mol. The van der Waals surface area contributed by atoms with E-state index in [0.29, 0.717) is 32.8 Å². The number of carbonyl (C=O) groups excluding carboxylic acids is 1. The number of morpholine rings is 1. The van der Waals surface area contributed by atoms with Gasteiger partial charge in [-0.25, -0.2) is 4.79 Å². The Morgan fingerprint density at radius 2 is 2.36 bits per heavy atom. The predicted octanol–water partition coefficient (Wildman–Crippen LogP) is -0.234. The number of urea groups is 1. The minimum atomic E-state index is -0.225. The highest BCUT2D eigenvalue weighted by atomic mass is 16.5. The molecule has 0 bridgehead atoms. The van der Waals surface area contributed by atoms with Crippen LogP contribution >= 0.6 is 0 Å². The van der Waals surface area contributed by atoms with Crippen LogP contribution < -0.4 is 11.1 Å². The van der Waals surface area contributed by atoms with Gasteiger partial charge in [0.05, 0.1) is 18.8 Å². The van der Waals surface area contributed by atoms with E-state index in [0.717, 1.165) is 0 Å². The smallest absolute Gasteiger partial charge is 0.318 e. The predicted molar refractivity (Wildman–Crippen MR) is 54.1 cm³/mol. The highest BCUT2D eigenvalue weighted by Gasteiger charge is 2.33. The van der Waals surface area contributed by atoms with Gasteiger partial charge in [0.25, 0.3) is 0 Å². The topological polar surface area (TPSA) is 67.6 Å². The Hall–Kier alpha value is -0.810. The van der Waals surface area contributed by atoms with E-state index in [1.807, 2.05) is 13.8 Å². The van der Waals surface area contributed by atoms with Crippen LogP contribution in [0, 0.1) is 0 Å². The van der Waals surface area contributed by atoms with E-state index < -0.39 is 0 Å². The molecule has 5 nitrogen and oxygen atoms in total. The normalized spacial score (nSPS) is 20.6. The second kappa shape index (κ2) is 4.61.